The van der Waals surface area contributed by atoms with Crippen LogP contribution in [-0.4, -0.2) is 24.2 Å². The van der Waals surface area contributed by atoms with Crippen LogP contribution >= 0.6 is 12.4 Å². The average molecular weight is 362 g/mol. The van der Waals surface area contributed by atoms with Crippen molar-refractivity contribution in [1.29, 1.82) is 0 Å². The van der Waals surface area contributed by atoms with Gasteiger partial charge in [-0.3, -0.25) is 4.79 Å². The van der Waals surface area contributed by atoms with E-state index in [2.05, 4.69) is 24.4 Å². The van der Waals surface area contributed by atoms with Crippen LogP contribution in [0.5, 0.6) is 0 Å². The van der Waals surface area contributed by atoms with E-state index in [1.165, 1.54) is 70.6 Å². The van der Waals surface area contributed by atoms with Crippen molar-refractivity contribution in [2.75, 3.05) is 13.2 Å². The molecule has 0 fully saturated rings. The Labute approximate surface area is 156 Å². The molecule has 3 nitrogen and oxygen atoms in total. The zero-order valence-electron chi connectivity index (χ0n) is 15.7. The Balaban J connectivity index is 0. The molecule has 0 saturated heterocycles. The number of allylic oxidation sites excluding steroid dienone is 2. The highest BCUT2D eigenvalue weighted by atomic mass is 35.5. The van der Waals surface area contributed by atoms with Crippen LogP contribution in [0.25, 0.3) is 0 Å². The van der Waals surface area contributed by atoms with Gasteiger partial charge in [0.25, 0.3) is 0 Å². The van der Waals surface area contributed by atoms with Gasteiger partial charge in [-0.15, -0.1) is 12.4 Å². The van der Waals surface area contributed by atoms with Crippen LogP contribution in [0.15, 0.2) is 12.2 Å². The number of unbranched alkanes of at least 4 members (excludes halogenated alkanes) is 11. The molecule has 1 amide bonds. The average Bonchev–Trinajstić information content (AvgIpc) is 2.56. The molecule has 0 spiro atoms. The maximum atomic E-state index is 11.3. The molecule has 0 aromatic carbocycles. The first kappa shape index (κ1) is 25.7. The summed E-state index contributed by atoms with van der Waals surface area (Å²) in [6.45, 7) is 2.67. The maximum Gasteiger partial charge on any atom is 0.220 e. The van der Waals surface area contributed by atoms with Gasteiger partial charge in [0.15, 0.2) is 0 Å². The van der Waals surface area contributed by atoms with Gasteiger partial charge in [0.05, 0.1) is 6.61 Å². The van der Waals surface area contributed by atoms with Gasteiger partial charge in [0, 0.05) is 13.0 Å². The van der Waals surface area contributed by atoms with Gasteiger partial charge in [0.1, 0.15) is 0 Å². The molecule has 2 N–H and O–H groups in total. The lowest BCUT2D eigenvalue weighted by Crippen LogP contribution is -2.25. The van der Waals surface area contributed by atoms with Crippen molar-refractivity contribution in [2.45, 2.75) is 96.8 Å². The predicted octanol–water partition coefficient (Wildman–Crippen LogP) is 5.55. The van der Waals surface area contributed by atoms with Crippen LogP contribution in [0.2, 0.25) is 0 Å². The minimum absolute atomic E-state index is 0. The van der Waals surface area contributed by atoms with Crippen molar-refractivity contribution >= 4 is 18.3 Å². The van der Waals surface area contributed by atoms with Crippen LogP contribution in [-0.2, 0) is 4.79 Å². The number of hydrogen-bond acceptors (Lipinski definition) is 2. The molecule has 0 saturated carbocycles. The van der Waals surface area contributed by atoms with E-state index in [-0.39, 0.29) is 24.9 Å². The van der Waals surface area contributed by atoms with Crippen molar-refractivity contribution in [3.8, 4) is 0 Å². The predicted molar refractivity (Wildman–Crippen MR) is 107 cm³/mol. The Morgan fingerprint density at radius 2 is 1.33 bits per heavy atom. The molecular weight excluding hydrogens is 322 g/mol. The smallest absolute Gasteiger partial charge is 0.220 e. The van der Waals surface area contributed by atoms with Gasteiger partial charge in [0.2, 0.25) is 5.91 Å². The third kappa shape index (κ3) is 21.5. The SMILES string of the molecule is CCCCCCCCC=CCCCCCCCC(=O)NCCO.Cl. The van der Waals surface area contributed by atoms with E-state index in [1.807, 2.05) is 0 Å². The fourth-order valence-electron chi connectivity index (χ4n) is 2.64. The lowest BCUT2D eigenvalue weighted by Gasteiger charge is -2.03. The van der Waals surface area contributed by atoms with E-state index in [0.29, 0.717) is 13.0 Å². The van der Waals surface area contributed by atoms with Gasteiger partial charge < -0.3 is 10.4 Å². The second-order valence-electron chi connectivity index (χ2n) is 6.41. The second kappa shape index (κ2) is 22.5. The topological polar surface area (TPSA) is 49.3 Å². The van der Waals surface area contributed by atoms with E-state index in [0.717, 1.165) is 12.8 Å². The number of nitrogens with one attached hydrogen (secondary N) is 1. The Morgan fingerprint density at radius 3 is 1.88 bits per heavy atom. The highest BCUT2D eigenvalue weighted by molar-refractivity contribution is 5.85. The third-order valence-electron chi connectivity index (χ3n) is 4.10. The van der Waals surface area contributed by atoms with Crippen LogP contribution in [0.4, 0.5) is 0 Å². The molecule has 4 heteroatoms. The molecule has 0 atom stereocenters. The quantitative estimate of drug-likeness (QED) is 0.263. The summed E-state index contributed by atoms with van der Waals surface area (Å²) < 4.78 is 0. The Kier molecular flexibility index (Phi) is 24.0. The molecular formula is C20H40ClNO2. The summed E-state index contributed by atoms with van der Waals surface area (Å²) in [5, 5.41) is 11.3. The first-order valence-electron chi connectivity index (χ1n) is 9.83. The van der Waals surface area contributed by atoms with Gasteiger partial charge in [-0.1, -0.05) is 70.4 Å². The summed E-state index contributed by atoms with van der Waals surface area (Å²) in [7, 11) is 0. The normalized spacial score (nSPS) is 10.8. The first-order valence-corrected chi connectivity index (χ1v) is 9.83. The number of carbonyl (C=O) groups excluding carboxylic acids is 1. The molecule has 0 aromatic heterocycles. The van der Waals surface area contributed by atoms with Crippen molar-refractivity contribution in [2.24, 2.45) is 0 Å². The molecule has 0 aliphatic carbocycles. The molecule has 144 valence electrons. The molecule has 0 radical (unpaired) electrons. The molecule has 0 aromatic rings. The third-order valence-corrected chi connectivity index (χ3v) is 4.10. The fraction of sp³-hybridized carbons (Fsp3) is 0.850. The van der Waals surface area contributed by atoms with Gasteiger partial charge >= 0.3 is 0 Å². The number of carbonyl (C=O) groups is 1. The van der Waals surface area contributed by atoms with Crippen molar-refractivity contribution in [3.05, 3.63) is 12.2 Å². The summed E-state index contributed by atoms with van der Waals surface area (Å²) in [6.07, 6.45) is 21.8. The first-order chi connectivity index (χ1) is 11.3. The van der Waals surface area contributed by atoms with E-state index in [1.54, 1.807) is 0 Å². The van der Waals surface area contributed by atoms with E-state index in [9.17, 15) is 4.79 Å². The summed E-state index contributed by atoms with van der Waals surface area (Å²) in [5.74, 6) is 0.0664. The second-order valence-corrected chi connectivity index (χ2v) is 6.41. The van der Waals surface area contributed by atoms with Gasteiger partial charge in [-0.25, -0.2) is 0 Å². The maximum absolute atomic E-state index is 11.3. The monoisotopic (exact) mass is 361 g/mol. The van der Waals surface area contributed by atoms with Gasteiger partial charge in [-0.05, 0) is 32.1 Å². The number of rotatable bonds is 17. The molecule has 0 aliphatic rings. The van der Waals surface area contributed by atoms with Crippen LogP contribution in [0.3, 0.4) is 0 Å². The number of aliphatic hydroxyl groups is 1. The summed E-state index contributed by atoms with van der Waals surface area (Å²) >= 11 is 0. The van der Waals surface area contributed by atoms with E-state index >= 15 is 0 Å². The van der Waals surface area contributed by atoms with Crippen molar-refractivity contribution < 1.29 is 9.90 Å². The summed E-state index contributed by atoms with van der Waals surface area (Å²) in [4.78, 5) is 11.3. The van der Waals surface area contributed by atoms with E-state index in [4.69, 9.17) is 5.11 Å². The molecule has 24 heavy (non-hydrogen) atoms. The van der Waals surface area contributed by atoms with Crippen molar-refractivity contribution in [1.82, 2.24) is 5.32 Å². The standard InChI is InChI=1S/C20H39NO2.ClH/c1-2-3-4-5-6-7-8-9-10-11-12-13-14-15-16-17-20(23)21-18-19-22;/h9-10,22H,2-8,11-19H2,1H3,(H,21,23);1H. The minimum Gasteiger partial charge on any atom is -0.395 e. The molecule has 0 rings (SSSR count). The van der Waals surface area contributed by atoms with Gasteiger partial charge in [-0.2, -0.15) is 0 Å². The fourth-order valence-corrected chi connectivity index (χ4v) is 2.64. The minimum atomic E-state index is 0. The number of hydrogen-bond donors (Lipinski definition) is 2. The number of halogens is 1. The molecule has 0 heterocycles. The van der Waals surface area contributed by atoms with E-state index < -0.39 is 0 Å². The Hall–Kier alpha value is -0.540. The molecule has 0 aliphatic heterocycles. The molecule has 0 bridgehead atoms. The lowest BCUT2D eigenvalue weighted by molar-refractivity contribution is -0.121. The largest absolute Gasteiger partial charge is 0.395 e. The van der Waals surface area contributed by atoms with Crippen LogP contribution in [0, 0.1) is 0 Å². The highest BCUT2D eigenvalue weighted by Crippen LogP contribution is 2.09. The zero-order chi connectivity index (χ0) is 17.0. The Morgan fingerprint density at radius 1 is 0.833 bits per heavy atom. The van der Waals surface area contributed by atoms with Crippen LogP contribution in [0.1, 0.15) is 96.8 Å². The lowest BCUT2D eigenvalue weighted by atomic mass is 10.1. The van der Waals surface area contributed by atoms with Crippen LogP contribution < -0.4 is 5.32 Å². The van der Waals surface area contributed by atoms with Crippen molar-refractivity contribution in [3.63, 3.8) is 0 Å². The summed E-state index contributed by atoms with van der Waals surface area (Å²) in [6, 6.07) is 0. The zero-order valence-corrected chi connectivity index (χ0v) is 16.5. The Bertz CT molecular complexity index is 283. The number of aliphatic hydroxyl groups excluding tert-OH is 1. The summed E-state index contributed by atoms with van der Waals surface area (Å²) in [5.41, 5.74) is 0. The molecule has 0 unspecified atom stereocenters. The number of amides is 1. The highest BCUT2D eigenvalue weighted by Gasteiger charge is 1.99.